The standard InChI is InChI=1S/C12H17N3O2/c13-10-2-1-8-6-15(7-9(8)5-10)12(16)11-3-4-14-17-11/h3-4,8-10H,1-2,5-7,13H2/t8-,9+,10?/m1/s1. The molecule has 5 nitrogen and oxygen atoms in total. The average Bonchev–Trinajstić information content (AvgIpc) is 2.96. The van der Waals surface area contributed by atoms with E-state index >= 15 is 0 Å². The number of nitrogens with two attached hydrogens (primary N) is 1. The van der Waals surface area contributed by atoms with Gasteiger partial charge in [-0.25, -0.2) is 0 Å². The molecule has 1 saturated heterocycles. The Kier molecular flexibility index (Phi) is 2.63. The summed E-state index contributed by atoms with van der Waals surface area (Å²) in [5.41, 5.74) is 5.97. The van der Waals surface area contributed by atoms with E-state index in [1.165, 1.54) is 6.20 Å². The molecule has 92 valence electrons. The molecule has 0 spiro atoms. The van der Waals surface area contributed by atoms with Crippen LogP contribution in [0.5, 0.6) is 0 Å². The molecular weight excluding hydrogens is 218 g/mol. The second-order valence-electron chi connectivity index (χ2n) is 5.18. The topological polar surface area (TPSA) is 72.4 Å². The SMILES string of the molecule is NC1CC[C@@H]2CN(C(=O)c3ccno3)C[C@@H]2C1. The van der Waals surface area contributed by atoms with Crippen molar-refractivity contribution in [3.63, 3.8) is 0 Å². The van der Waals surface area contributed by atoms with Crippen molar-refractivity contribution >= 4 is 5.91 Å². The third-order valence-corrected chi connectivity index (χ3v) is 4.03. The number of amides is 1. The molecule has 3 atom stereocenters. The molecule has 1 amide bonds. The van der Waals surface area contributed by atoms with Gasteiger partial charge in [-0.05, 0) is 31.1 Å². The highest BCUT2D eigenvalue weighted by Gasteiger charge is 2.39. The lowest BCUT2D eigenvalue weighted by Gasteiger charge is -2.27. The summed E-state index contributed by atoms with van der Waals surface area (Å²) in [6.07, 6.45) is 4.79. The van der Waals surface area contributed by atoms with Crippen LogP contribution >= 0.6 is 0 Å². The number of hydrogen-bond acceptors (Lipinski definition) is 4. The van der Waals surface area contributed by atoms with Crippen LogP contribution in [0.3, 0.4) is 0 Å². The summed E-state index contributed by atoms with van der Waals surface area (Å²) in [5, 5.41) is 3.57. The van der Waals surface area contributed by atoms with E-state index in [1.54, 1.807) is 6.07 Å². The number of carbonyl (C=O) groups is 1. The Balaban J connectivity index is 1.69. The summed E-state index contributed by atoms with van der Waals surface area (Å²) in [6.45, 7) is 1.66. The zero-order chi connectivity index (χ0) is 11.8. The average molecular weight is 235 g/mol. The van der Waals surface area contributed by atoms with Crippen molar-refractivity contribution in [2.45, 2.75) is 25.3 Å². The predicted molar refractivity (Wildman–Crippen MR) is 61.2 cm³/mol. The zero-order valence-corrected chi connectivity index (χ0v) is 9.71. The predicted octanol–water partition coefficient (Wildman–Crippen LogP) is 0.874. The van der Waals surface area contributed by atoms with Crippen molar-refractivity contribution in [2.24, 2.45) is 17.6 Å². The summed E-state index contributed by atoms with van der Waals surface area (Å²) in [6, 6.07) is 1.94. The fraction of sp³-hybridized carbons (Fsp3) is 0.667. The van der Waals surface area contributed by atoms with Crippen LogP contribution in [0.4, 0.5) is 0 Å². The molecule has 0 radical (unpaired) electrons. The molecule has 1 unspecified atom stereocenters. The van der Waals surface area contributed by atoms with Gasteiger partial charge in [0.15, 0.2) is 0 Å². The Morgan fingerprint density at radius 2 is 2.24 bits per heavy atom. The molecular formula is C12H17N3O2. The van der Waals surface area contributed by atoms with Gasteiger partial charge in [0.1, 0.15) is 0 Å². The van der Waals surface area contributed by atoms with Crippen molar-refractivity contribution in [2.75, 3.05) is 13.1 Å². The monoisotopic (exact) mass is 235 g/mol. The normalized spacial score (nSPS) is 32.5. The molecule has 1 saturated carbocycles. The van der Waals surface area contributed by atoms with Gasteiger partial charge in [-0.1, -0.05) is 5.16 Å². The van der Waals surface area contributed by atoms with Gasteiger partial charge < -0.3 is 15.2 Å². The number of hydrogen-bond donors (Lipinski definition) is 1. The van der Waals surface area contributed by atoms with Crippen LogP contribution < -0.4 is 5.73 Å². The van der Waals surface area contributed by atoms with E-state index in [2.05, 4.69) is 5.16 Å². The zero-order valence-electron chi connectivity index (χ0n) is 9.71. The molecule has 17 heavy (non-hydrogen) atoms. The van der Waals surface area contributed by atoms with Crippen molar-refractivity contribution in [3.8, 4) is 0 Å². The van der Waals surface area contributed by atoms with Crippen LogP contribution in [0.2, 0.25) is 0 Å². The number of carbonyl (C=O) groups excluding carboxylic acids is 1. The third kappa shape index (κ3) is 1.95. The largest absolute Gasteiger partial charge is 0.351 e. The molecule has 2 heterocycles. The lowest BCUT2D eigenvalue weighted by molar-refractivity contribution is 0.0742. The summed E-state index contributed by atoms with van der Waals surface area (Å²) in [5.74, 6) is 1.51. The van der Waals surface area contributed by atoms with Crippen LogP contribution in [0.1, 0.15) is 29.8 Å². The van der Waals surface area contributed by atoms with Crippen LogP contribution in [-0.2, 0) is 0 Å². The van der Waals surface area contributed by atoms with Gasteiger partial charge >= 0.3 is 0 Å². The minimum Gasteiger partial charge on any atom is -0.351 e. The number of fused-ring (bicyclic) bond motifs is 1. The smallest absolute Gasteiger partial charge is 0.292 e. The Morgan fingerprint density at radius 3 is 3.00 bits per heavy atom. The van der Waals surface area contributed by atoms with E-state index < -0.39 is 0 Å². The molecule has 2 N–H and O–H groups in total. The first-order valence-corrected chi connectivity index (χ1v) is 6.19. The van der Waals surface area contributed by atoms with E-state index in [4.69, 9.17) is 10.3 Å². The summed E-state index contributed by atoms with van der Waals surface area (Å²) in [7, 11) is 0. The van der Waals surface area contributed by atoms with E-state index in [-0.39, 0.29) is 5.91 Å². The van der Waals surface area contributed by atoms with Crippen molar-refractivity contribution < 1.29 is 9.32 Å². The minimum absolute atomic E-state index is 0.0366. The second-order valence-corrected chi connectivity index (χ2v) is 5.18. The van der Waals surface area contributed by atoms with Crippen molar-refractivity contribution in [3.05, 3.63) is 18.0 Å². The number of nitrogens with zero attached hydrogens (tertiary/aromatic N) is 2. The van der Waals surface area contributed by atoms with Gasteiger partial charge in [-0.2, -0.15) is 0 Å². The van der Waals surface area contributed by atoms with Crippen LogP contribution in [-0.4, -0.2) is 35.1 Å². The van der Waals surface area contributed by atoms with Gasteiger partial charge in [-0.3, -0.25) is 4.79 Å². The minimum atomic E-state index is -0.0366. The van der Waals surface area contributed by atoms with Crippen LogP contribution in [0, 0.1) is 11.8 Å². The highest BCUT2D eigenvalue weighted by atomic mass is 16.5. The fourth-order valence-electron chi connectivity index (χ4n) is 3.12. The maximum absolute atomic E-state index is 12.1. The molecule has 2 aliphatic rings. The Hall–Kier alpha value is -1.36. The molecule has 1 aliphatic heterocycles. The number of rotatable bonds is 1. The first kappa shape index (κ1) is 10.8. The van der Waals surface area contributed by atoms with E-state index in [9.17, 15) is 4.79 Å². The Bertz CT molecular complexity index is 404. The lowest BCUT2D eigenvalue weighted by Crippen LogP contribution is -2.32. The number of aromatic nitrogens is 1. The molecule has 3 rings (SSSR count). The second kappa shape index (κ2) is 4.14. The van der Waals surface area contributed by atoms with Gasteiger partial charge in [0.25, 0.3) is 5.91 Å². The van der Waals surface area contributed by atoms with E-state index in [0.717, 1.165) is 32.4 Å². The van der Waals surface area contributed by atoms with E-state index in [0.29, 0.717) is 23.6 Å². The van der Waals surface area contributed by atoms with Crippen molar-refractivity contribution in [1.29, 1.82) is 0 Å². The third-order valence-electron chi connectivity index (χ3n) is 4.03. The van der Waals surface area contributed by atoms with E-state index in [1.807, 2.05) is 4.90 Å². The van der Waals surface area contributed by atoms with Gasteiger partial charge in [0, 0.05) is 25.2 Å². The highest BCUT2D eigenvalue weighted by molar-refractivity contribution is 5.91. The Morgan fingerprint density at radius 1 is 1.41 bits per heavy atom. The fourth-order valence-corrected chi connectivity index (χ4v) is 3.12. The van der Waals surface area contributed by atoms with Crippen molar-refractivity contribution in [1.82, 2.24) is 10.1 Å². The maximum atomic E-state index is 12.1. The molecule has 1 aromatic rings. The molecule has 0 bridgehead atoms. The summed E-state index contributed by atoms with van der Waals surface area (Å²) >= 11 is 0. The Labute approximate surface area is 99.9 Å². The molecule has 5 heteroatoms. The summed E-state index contributed by atoms with van der Waals surface area (Å²) in [4.78, 5) is 14.0. The van der Waals surface area contributed by atoms with Crippen LogP contribution in [0.25, 0.3) is 0 Å². The molecule has 1 aromatic heterocycles. The van der Waals surface area contributed by atoms with Gasteiger partial charge in [0.2, 0.25) is 5.76 Å². The quantitative estimate of drug-likeness (QED) is 0.784. The summed E-state index contributed by atoms with van der Waals surface area (Å²) < 4.78 is 4.92. The number of likely N-dealkylation sites (tertiary alicyclic amines) is 1. The maximum Gasteiger partial charge on any atom is 0.292 e. The van der Waals surface area contributed by atoms with Gasteiger partial charge in [0.05, 0.1) is 6.20 Å². The first-order chi connectivity index (χ1) is 8.24. The lowest BCUT2D eigenvalue weighted by atomic mass is 9.79. The van der Waals surface area contributed by atoms with Crippen LogP contribution in [0.15, 0.2) is 16.8 Å². The molecule has 1 aliphatic carbocycles. The van der Waals surface area contributed by atoms with Gasteiger partial charge in [-0.15, -0.1) is 0 Å². The highest BCUT2D eigenvalue weighted by Crippen LogP contribution is 2.36. The molecule has 0 aromatic carbocycles. The first-order valence-electron chi connectivity index (χ1n) is 6.19. The molecule has 2 fully saturated rings.